The highest BCUT2D eigenvalue weighted by Crippen LogP contribution is 2.20. The fourth-order valence-electron chi connectivity index (χ4n) is 3.98. The number of carbonyl (C=O) groups excluding carboxylic acids is 2. The van der Waals surface area contributed by atoms with Gasteiger partial charge in [-0.05, 0) is 37.9 Å². The standard InChI is InChI=1S/C20H29N3O2/c1-2-22-11-6-9-18(22)14-21-20(25)17-13-19(24)23(15-17)12-10-16-7-4-3-5-8-16/h3-5,7-8,17-18H,2,6,9-15H2,1H3,(H,21,25). The molecule has 0 aromatic heterocycles. The van der Waals surface area contributed by atoms with E-state index in [9.17, 15) is 9.59 Å². The van der Waals surface area contributed by atoms with Crippen molar-refractivity contribution in [1.29, 1.82) is 0 Å². The van der Waals surface area contributed by atoms with Gasteiger partial charge in [-0.2, -0.15) is 0 Å². The van der Waals surface area contributed by atoms with Gasteiger partial charge in [-0.3, -0.25) is 14.5 Å². The number of hydrogen-bond donors (Lipinski definition) is 1. The highest BCUT2D eigenvalue weighted by atomic mass is 16.2. The molecule has 2 aliphatic rings. The molecule has 25 heavy (non-hydrogen) atoms. The number of nitrogens with one attached hydrogen (secondary N) is 1. The van der Waals surface area contributed by atoms with E-state index < -0.39 is 0 Å². The Balaban J connectivity index is 1.44. The molecule has 0 aliphatic carbocycles. The fraction of sp³-hybridized carbons (Fsp3) is 0.600. The van der Waals surface area contributed by atoms with Crippen molar-refractivity contribution in [3.63, 3.8) is 0 Å². The van der Waals surface area contributed by atoms with Crippen LogP contribution in [0.15, 0.2) is 30.3 Å². The van der Waals surface area contributed by atoms with E-state index in [1.807, 2.05) is 23.1 Å². The second kappa shape index (κ2) is 8.48. The molecule has 5 heteroatoms. The lowest BCUT2D eigenvalue weighted by molar-refractivity contribution is -0.129. The Morgan fingerprint density at radius 1 is 1.28 bits per heavy atom. The lowest BCUT2D eigenvalue weighted by Crippen LogP contribution is -2.42. The summed E-state index contributed by atoms with van der Waals surface area (Å²) in [5, 5.41) is 3.09. The van der Waals surface area contributed by atoms with Gasteiger partial charge >= 0.3 is 0 Å². The van der Waals surface area contributed by atoms with Crippen LogP contribution in [0.3, 0.4) is 0 Å². The topological polar surface area (TPSA) is 52.7 Å². The summed E-state index contributed by atoms with van der Waals surface area (Å²) in [5.74, 6) is -0.0506. The SMILES string of the molecule is CCN1CCCC1CNC(=O)C1CC(=O)N(CCc2ccccc2)C1. The summed E-state index contributed by atoms with van der Waals surface area (Å²) in [7, 11) is 0. The van der Waals surface area contributed by atoms with Crippen LogP contribution in [0.2, 0.25) is 0 Å². The smallest absolute Gasteiger partial charge is 0.225 e. The summed E-state index contributed by atoms with van der Waals surface area (Å²) in [5.41, 5.74) is 1.23. The van der Waals surface area contributed by atoms with Crippen molar-refractivity contribution in [3.05, 3.63) is 35.9 Å². The predicted molar refractivity (Wildman–Crippen MR) is 98.1 cm³/mol. The first kappa shape index (κ1) is 17.9. The molecule has 0 bridgehead atoms. The number of likely N-dealkylation sites (tertiary alicyclic amines) is 2. The van der Waals surface area contributed by atoms with Crippen LogP contribution >= 0.6 is 0 Å². The molecule has 2 amide bonds. The van der Waals surface area contributed by atoms with E-state index >= 15 is 0 Å². The summed E-state index contributed by atoms with van der Waals surface area (Å²) in [6.07, 6.45) is 3.56. The average Bonchev–Trinajstić information content (AvgIpc) is 3.25. The molecule has 2 aliphatic heterocycles. The minimum absolute atomic E-state index is 0.0403. The molecule has 0 saturated carbocycles. The molecule has 136 valence electrons. The molecule has 2 saturated heterocycles. The molecule has 0 radical (unpaired) electrons. The van der Waals surface area contributed by atoms with Crippen molar-refractivity contribution in [2.75, 3.05) is 32.7 Å². The van der Waals surface area contributed by atoms with Gasteiger partial charge < -0.3 is 10.2 Å². The summed E-state index contributed by atoms with van der Waals surface area (Å²) < 4.78 is 0. The lowest BCUT2D eigenvalue weighted by Gasteiger charge is -2.23. The molecule has 2 unspecified atom stereocenters. The highest BCUT2D eigenvalue weighted by molar-refractivity contribution is 5.89. The van der Waals surface area contributed by atoms with Crippen LogP contribution in [-0.4, -0.2) is 60.4 Å². The number of nitrogens with zero attached hydrogens (tertiary/aromatic N) is 2. The van der Waals surface area contributed by atoms with Gasteiger partial charge in [0.1, 0.15) is 0 Å². The molecule has 1 N–H and O–H groups in total. The lowest BCUT2D eigenvalue weighted by atomic mass is 10.1. The number of rotatable bonds is 7. The Morgan fingerprint density at radius 3 is 2.84 bits per heavy atom. The van der Waals surface area contributed by atoms with E-state index in [0.29, 0.717) is 32.1 Å². The van der Waals surface area contributed by atoms with Gasteiger partial charge in [0, 0.05) is 32.1 Å². The maximum absolute atomic E-state index is 12.5. The van der Waals surface area contributed by atoms with Crippen molar-refractivity contribution >= 4 is 11.8 Å². The number of benzene rings is 1. The summed E-state index contributed by atoms with van der Waals surface area (Å²) in [4.78, 5) is 28.9. The molecular formula is C20H29N3O2. The minimum atomic E-state index is -0.195. The van der Waals surface area contributed by atoms with Crippen LogP contribution in [0.5, 0.6) is 0 Å². The van der Waals surface area contributed by atoms with E-state index in [0.717, 1.165) is 25.9 Å². The zero-order valence-electron chi connectivity index (χ0n) is 15.1. The van der Waals surface area contributed by atoms with Gasteiger partial charge in [-0.25, -0.2) is 0 Å². The van der Waals surface area contributed by atoms with Crippen molar-refractivity contribution < 1.29 is 9.59 Å². The van der Waals surface area contributed by atoms with E-state index in [1.54, 1.807) is 0 Å². The van der Waals surface area contributed by atoms with Crippen LogP contribution in [0.1, 0.15) is 31.7 Å². The summed E-state index contributed by atoms with van der Waals surface area (Å²) in [6.45, 7) is 6.29. The first-order valence-corrected chi connectivity index (χ1v) is 9.51. The maximum Gasteiger partial charge on any atom is 0.225 e. The van der Waals surface area contributed by atoms with Crippen LogP contribution in [-0.2, 0) is 16.0 Å². The molecule has 1 aromatic rings. The van der Waals surface area contributed by atoms with Crippen LogP contribution in [0.25, 0.3) is 0 Å². The van der Waals surface area contributed by atoms with Gasteiger partial charge in [0.15, 0.2) is 0 Å². The Labute approximate surface area is 150 Å². The highest BCUT2D eigenvalue weighted by Gasteiger charge is 2.34. The molecular weight excluding hydrogens is 314 g/mol. The van der Waals surface area contributed by atoms with Crippen LogP contribution in [0, 0.1) is 5.92 Å². The third kappa shape index (κ3) is 4.60. The number of hydrogen-bond acceptors (Lipinski definition) is 3. The minimum Gasteiger partial charge on any atom is -0.354 e. The fourth-order valence-corrected chi connectivity index (χ4v) is 3.98. The van der Waals surface area contributed by atoms with Crippen molar-refractivity contribution in [3.8, 4) is 0 Å². The van der Waals surface area contributed by atoms with E-state index in [2.05, 4.69) is 29.3 Å². The molecule has 2 fully saturated rings. The average molecular weight is 343 g/mol. The van der Waals surface area contributed by atoms with Gasteiger partial charge in [-0.1, -0.05) is 37.3 Å². The zero-order chi connectivity index (χ0) is 17.6. The maximum atomic E-state index is 12.5. The third-order valence-corrected chi connectivity index (χ3v) is 5.52. The molecule has 0 spiro atoms. The Bertz CT molecular complexity index is 590. The van der Waals surface area contributed by atoms with Gasteiger partial charge in [0.25, 0.3) is 0 Å². The second-order valence-electron chi connectivity index (χ2n) is 7.15. The van der Waals surface area contributed by atoms with E-state index in [-0.39, 0.29) is 17.7 Å². The first-order chi connectivity index (χ1) is 12.2. The summed E-state index contributed by atoms with van der Waals surface area (Å²) in [6, 6.07) is 10.6. The quantitative estimate of drug-likeness (QED) is 0.819. The zero-order valence-corrected chi connectivity index (χ0v) is 15.1. The molecule has 2 heterocycles. The predicted octanol–water partition coefficient (Wildman–Crippen LogP) is 1.68. The number of amides is 2. The second-order valence-corrected chi connectivity index (χ2v) is 7.15. The number of carbonyl (C=O) groups is 2. The molecule has 3 rings (SSSR count). The van der Waals surface area contributed by atoms with Crippen molar-refractivity contribution in [2.24, 2.45) is 5.92 Å². The molecule has 5 nitrogen and oxygen atoms in total. The Kier molecular flexibility index (Phi) is 6.08. The van der Waals surface area contributed by atoms with Gasteiger partial charge in [-0.15, -0.1) is 0 Å². The number of likely N-dealkylation sites (N-methyl/N-ethyl adjacent to an activating group) is 1. The van der Waals surface area contributed by atoms with Crippen molar-refractivity contribution in [2.45, 2.75) is 38.6 Å². The van der Waals surface area contributed by atoms with Gasteiger partial charge in [0.2, 0.25) is 11.8 Å². The van der Waals surface area contributed by atoms with Crippen molar-refractivity contribution in [1.82, 2.24) is 15.1 Å². The van der Waals surface area contributed by atoms with E-state index in [1.165, 1.54) is 12.0 Å². The third-order valence-electron chi connectivity index (χ3n) is 5.52. The Morgan fingerprint density at radius 2 is 2.08 bits per heavy atom. The normalized spacial score (nSPS) is 24.0. The Hall–Kier alpha value is -1.88. The first-order valence-electron chi connectivity index (χ1n) is 9.51. The van der Waals surface area contributed by atoms with Crippen LogP contribution < -0.4 is 5.32 Å². The molecule has 1 aromatic carbocycles. The summed E-state index contributed by atoms with van der Waals surface area (Å²) >= 11 is 0. The molecule has 2 atom stereocenters. The van der Waals surface area contributed by atoms with E-state index in [4.69, 9.17) is 0 Å². The monoisotopic (exact) mass is 343 g/mol. The van der Waals surface area contributed by atoms with Gasteiger partial charge in [0.05, 0.1) is 5.92 Å². The van der Waals surface area contributed by atoms with Crippen LogP contribution in [0.4, 0.5) is 0 Å². The largest absolute Gasteiger partial charge is 0.354 e.